The number of para-hydroxylation sites is 1. The maximum Gasteiger partial charge on any atom is 0.252 e. The van der Waals surface area contributed by atoms with Crippen LogP contribution < -0.4 is 10.2 Å². The lowest BCUT2D eigenvalue weighted by Crippen LogP contribution is -2.37. The van der Waals surface area contributed by atoms with Crippen LogP contribution in [-0.2, 0) is 6.42 Å². The van der Waals surface area contributed by atoms with Gasteiger partial charge in [-0.2, -0.15) is 0 Å². The van der Waals surface area contributed by atoms with Crippen molar-refractivity contribution in [2.24, 2.45) is 0 Å². The van der Waals surface area contributed by atoms with Gasteiger partial charge in [-0.15, -0.1) is 0 Å². The average Bonchev–Trinajstić information content (AvgIpc) is 3.32. The summed E-state index contributed by atoms with van der Waals surface area (Å²) in [5.41, 5.74) is 2.89. The first-order chi connectivity index (χ1) is 13.1. The Morgan fingerprint density at radius 2 is 2.00 bits per heavy atom. The number of hydrogen-bond acceptors (Lipinski definition) is 3. The number of nitrogens with one attached hydrogen (secondary N) is 1. The van der Waals surface area contributed by atoms with Crippen LogP contribution in [0.4, 0.5) is 5.69 Å². The van der Waals surface area contributed by atoms with E-state index in [-0.39, 0.29) is 11.9 Å². The van der Waals surface area contributed by atoms with E-state index in [9.17, 15) is 4.79 Å². The van der Waals surface area contributed by atoms with E-state index in [2.05, 4.69) is 28.4 Å². The zero-order valence-corrected chi connectivity index (χ0v) is 16.0. The van der Waals surface area contributed by atoms with E-state index in [1.54, 1.807) is 24.5 Å². The Bertz CT molecular complexity index is 957. The summed E-state index contributed by atoms with van der Waals surface area (Å²) in [4.78, 5) is 14.9. The number of halogens is 2. The molecular formula is C21H18Cl2N2O2. The lowest BCUT2D eigenvalue weighted by atomic mass is 10.1. The highest BCUT2D eigenvalue weighted by Gasteiger charge is 2.29. The second kappa shape index (κ2) is 7.67. The molecule has 0 bridgehead atoms. The number of anilines is 1. The lowest BCUT2D eigenvalue weighted by molar-refractivity contribution is 0.0950. The minimum absolute atomic E-state index is 0.0984. The molecule has 4 nitrogen and oxygen atoms in total. The molecule has 4 rings (SSSR count). The molecule has 1 aromatic heterocycles. The smallest absolute Gasteiger partial charge is 0.252 e. The molecule has 1 amide bonds. The van der Waals surface area contributed by atoms with E-state index < -0.39 is 0 Å². The summed E-state index contributed by atoms with van der Waals surface area (Å²) >= 11 is 12.1. The van der Waals surface area contributed by atoms with Gasteiger partial charge in [0, 0.05) is 23.8 Å². The van der Waals surface area contributed by atoms with Crippen LogP contribution in [0.1, 0.15) is 27.7 Å². The monoisotopic (exact) mass is 400 g/mol. The fourth-order valence-electron chi connectivity index (χ4n) is 3.49. The summed E-state index contributed by atoms with van der Waals surface area (Å²) in [7, 11) is 0. The van der Waals surface area contributed by atoms with Crippen molar-refractivity contribution in [1.29, 1.82) is 0 Å². The minimum Gasteiger partial charge on any atom is -0.467 e. The first-order valence-electron chi connectivity index (χ1n) is 8.74. The topological polar surface area (TPSA) is 45.5 Å². The summed E-state index contributed by atoms with van der Waals surface area (Å²) < 4.78 is 5.66. The maximum absolute atomic E-state index is 12.6. The van der Waals surface area contributed by atoms with Gasteiger partial charge in [0.2, 0.25) is 0 Å². The third-order valence-electron chi connectivity index (χ3n) is 4.80. The fourth-order valence-corrected chi connectivity index (χ4v) is 3.99. The molecule has 0 saturated heterocycles. The molecule has 1 aliphatic heterocycles. The van der Waals surface area contributed by atoms with Crippen LogP contribution >= 0.6 is 23.2 Å². The summed E-state index contributed by atoms with van der Waals surface area (Å²) in [6.07, 6.45) is 2.63. The quantitative estimate of drug-likeness (QED) is 0.646. The summed E-state index contributed by atoms with van der Waals surface area (Å²) in [5.74, 6) is 0.579. The predicted molar refractivity (Wildman–Crippen MR) is 108 cm³/mol. The van der Waals surface area contributed by atoms with Crippen molar-refractivity contribution in [1.82, 2.24) is 5.32 Å². The SMILES string of the molecule is O=C(NCC(c1ccco1)N1CCc2ccccc21)c1ccc(Cl)cc1Cl. The number of amides is 1. The molecule has 3 aromatic rings. The van der Waals surface area contributed by atoms with Crippen molar-refractivity contribution in [3.8, 4) is 0 Å². The number of hydrogen-bond donors (Lipinski definition) is 1. The Morgan fingerprint density at radius 1 is 1.15 bits per heavy atom. The summed E-state index contributed by atoms with van der Waals surface area (Å²) in [6.45, 7) is 1.28. The van der Waals surface area contributed by atoms with Gasteiger partial charge in [0.15, 0.2) is 0 Å². The van der Waals surface area contributed by atoms with E-state index in [0.717, 1.165) is 18.7 Å². The molecule has 0 spiro atoms. The molecule has 0 aliphatic carbocycles. The molecule has 27 heavy (non-hydrogen) atoms. The Hall–Kier alpha value is -2.43. The van der Waals surface area contributed by atoms with Crippen molar-refractivity contribution in [2.75, 3.05) is 18.0 Å². The number of fused-ring (bicyclic) bond motifs is 1. The molecule has 1 atom stereocenters. The van der Waals surface area contributed by atoms with Crippen LogP contribution in [0.3, 0.4) is 0 Å². The number of nitrogens with zero attached hydrogens (tertiary/aromatic N) is 1. The van der Waals surface area contributed by atoms with Gasteiger partial charge >= 0.3 is 0 Å². The zero-order chi connectivity index (χ0) is 18.8. The van der Waals surface area contributed by atoms with E-state index in [1.165, 1.54) is 11.3 Å². The van der Waals surface area contributed by atoms with Gasteiger partial charge in [-0.05, 0) is 48.4 Å². The molecule has 1 unspecified atom stereocenters. The van der Waals surface area contributed by atoms with Crippen molar-refractivity contribution >= 4 is 34.8 Å². The molecule has 138 valence electrons. The minimum atomic E-state index is -0.235. The van der Waals surface area contributed by atoms with Crippen LogP contribution in [-0.4, -0.2) is 19.0 Å². The van der Waals surface area contributed by atoms with Gasteiger partial charge in [-0.3, -0.25) is 4.79 Å². The molecule has 0 radical (unpaired) electrons. The van der Waals surface area contributed by atoms with Gasteiger partial charge in [-0.25, -0.2) is 0 Å². The molecule has 0 saturated carbocycles. The molecule has 0 fully saturated rings. The Labute approximate surface area is 167 Å². The van der Waals surface area contributed by atoms with Crippen LogP contribution in [0.15, 0.2) is 65.3 Å². The van der Waals surface area contributed by atoms with Gasteiger partial charge < -0.3 is 14.6 Å². The molecule has 1 aliphatic rings. The Kier molecular flexibility index (Phi) is 5.10. The highest BCUT2D eigenvalue weighted by atomic mass is 35.5. The van der Waals surface area contributed by atoms with E-state index >= 15 is 0 Å². The number of carbonyl (C=O) groups is 1. The second-order valence-electron chi connectivity index (χ2n) is 6.44. The predicted octanol–water partition coefficient (Wildman–Crippen LogP) is 5.12. The highest BCUT2D eigenvalue weighted by Crippen LogP contribution is 2.35. The first-order valence-corrected chi connectivity index (χ1v) is 9.50. The average molecular weight is 401 g/mol. The largest absolute Gasteiger partial charge is 0.467 e. The molecule has 2 heterocycles. The van der Waals surface area contributed by atoms with Crippen molar-refractivity contribution in [3.05, 3.63) is 87.8 Å². The summed E-state index contributed by atoms with van der Waals surface area (Å²) in [6, 6.07) is 16.9. The van der Waals surface area contributed by atoms with Crippen LogP contribution in [0.2, 0.25) is 10.0 Å². The second-order valence-corrected chi connectivity index (χ2v) is 7.28. The van der Waals surface area contributed by atoms with Gasteiger partial charge in [0.1, 0.15) is 11.8 Å². The van der Waals surface area contributed by atoms with Gasteiger partial charge in [-0.1, -0.05) is 41.4 Å². The molecule has 2 aromatic carbocycles. The molecule has 6 heteroatoms. The normalized spacial score (nSPS) is 14.1. The number of furan rings is 1. The molecule has 1 N–H and O–H groups in total. The Morgan fingerprint density at radius 3 is 2.78 bits per heavy atom. The van der Waals surface area contributed by atoms with E-state index in [1.807, 2.05) is 18.2 Å². The zero-order valence-electron chi connectivity index (χ0n) is 14.5. The van der Waals surface area contributed by atoms with E-state index in [4.69, 9.17) is 27.6 Å². The van der Waals surface area contributed by atoms with Crippen molar-refractivity contribution in [3.63, 3.8) is 0 Å². The number of rotatable bonds is 5. The standard InChI is InChI=1S/C21H18Cl2N2O2/c22-15-7-8-16(17(23)12-15)21(26)24-13-19(20-6-3-11-27-20)25-10-9-14-4-1-2-5-18(14)25/h1-8,11-12,19H,9-10,13H2,(H,24,26). The molecular weight excluding hydrogens is 383 g/mol. The lowest BCUT2D eigenvalue weighted by Gasteiger charge is -2.29. The third-order valence-corrected chi connectivity index (χ3v) is 5.35. The highest BCUT2D eigenvalue weighted by molar-refractivity contribution is 6.36. The van der Waals surface area contributed by atoms with Gasteiger partial charge in [0.05, 0.1) is 16.8 Å². The number of benzene rings is 2. The van der Waals surface area contributed by atoms with Crippen LogP contribution in [0, 0.1) is 0 Å². The van der Waals surface area contributed by atoms with Crippen molar-refractivity contribution < 1.29 is 9.21 Å². The number of carbonyl (C=O) groups excluding carboxylic acids is 1. The van der Waals surface area contributed by atoms with E-state index in [0.29, 0.717) is 22.2 Å². The van der Waals surface area contributed by atoms with Crippen LogP contribution in [0.25, 0.3) is 0 Å². The van der Waals surface area contributed by atoms with Crippen molar-refractivity contribution in [2.45, 2.75) is 12.5 Å². The maximum atomic E-state index is 12.6. The van der Waals surface area contributed by atoms with Gasteiger partial charge in [0.25, 0.3) is 5.91 Å². The summed E-state index contributed by atoms with van der Waals surface area (Å²) in [5, 5.41) is 3.82. The van der Waals surface area contributed by atoms with Crippen LogP contribution in [0.5, 0.6) is 0 Å². The third kappa shape index (κ3) is 3.68. The Balaban J connectivity index is 1.56. The first kappa shape index (κ1) is 18.0. The fraction of sp³-hybridized carbons (Fsp3) is 0.190.